The van der Waals surface area contributed by atoms with Crippen LogP contribution in [0.2, 0.25) is 0 Å². The summed E-state index contributed by atoms with van der Waals surface area (Å²) in [4.78, 5) is 12.9. The lowest BCUT2D eigenvalue weighted by molar-refractivity contribution is -0.172. The molecule has 3 heterocycles. The molecule has 1 aromatic heterocycles. The second-order valence-corrected chi connectivity index (χ2v) is 11.3. The zero-order valence-corrected chi connectivity index (χ0v) is 19.6. The van der Waals surface area contributed by atoms with Gasteiger partial charge in [-0.05, 0) is 64.0 Å². The van der Waals surface area contributed by atoms with Crippen molar-refractivity contribution in [1.29, 1.82) is 0 Å². The molecule has 0 spiro atoms. The summed E-state index contributed by atoms with van der Waals surface area (Å²) in [6, 6.07) is 1.89. The number of thioether (sulfide) groups is 1. The van der Waals surface area contributed by atoms with Crippen LogP contribution in [-0.2, 0) is 24.4 Å². The summed E-state index contributed by atoms with van der Waals surface area (Å²) in [5.41, 5.74) is 0.727. The van der Waals surface area contributed by atoms with Crippen molar-refractivity contribution >= 4 is 23.6 Å². The van der Waals surface area contributed by atoms with Crippen LogP contribution in [0.1, 0.15) is 70.9 Å². The minimum Gasteiger partial charge on any atom is -0.381 e. The molecule has 31 heavy (non-hydrogen) atoms. The molecule has 0 aromatic carbocycles. The second kappa shape index (κ2) is 10.2. The molecule has 1 amide bonds. The van der Waals surface area contributed by atoms with Crippen LogP contribution in [0.15, 0.2) is 10.6 Å². The molecule has 174 valence electrons. The quantitative estimate of drug-likeness (QED) is 0.590. The molecule has 0 bridgehead atoms. The fraction of sp³-hybridized carbons (Fsp3) is 0.826. The Kier molecular flexibility index (Phi) is 7.62. The molecule has 1 aliphatic carbocycles. The van der Waals surface area contributed by atoms with Gasteiger partial charge < -0.3 is 18.7 Å². The van der Waals surface area contributed by atoms with Crippen molar-refractivity contribution in [2.45, 2.75) is 81.7 Å². The Morgan fingerprint density at radius 3 is 2.81 bits per heavy atom. The van der Waals surface area contributed by atoms with E-state index in [2.05, 4.69) is 10.5 Å². The van der Waals surface area contributed by atoms with Gasteiger partial charge in [-0.15, -0.1) is 11.8 Å². The van der Waals surface area contributed by atoms with Crippen LogP contribution in [0.3, 0.4) is 0 Å². The van der Waals surface area contributed by atoms with E-state index in [4.69, 9.17) is 18.7 Å². The first-order valence-corrected chi connectivity index (χ1v) is 12.7. The van der Waals surface area contributed by atoms with E-state index in [0.717, 1.165) is 82.6 Å². The van der Waals surface area contributed by atoms with Crippen molar-refractivity contribution in [3.63, 3.8) is 0 Å². The van der Waals surface area contributed by atoms with Gasteiger partial charge in [-0.1, -0.05) is 18.0 Å². The Morgan fingerprint density at radius 1 is 1.26 bits per heavy atom. The van der Waals surface area contributed by atoms with Gasteiger partial charge in [0, 0.05) is 24.7 Å². The van der Waals surface area contributed by atoms with Crippen LogP contribution in [0.4, 0.5) is 5.88 Å². The average Bonchev–Trinajstić information content (AvgIpc) is 3.54. The highest BCUT2D eigenvalue weighted by Gasteiger charge is 2.40. The van der Waals surface area contributed by atoms with Gasteiger partial charge in [0.25, 0.3) is 0 Å². The van der Waals surface area contributed by atoms with Crippen molar-refractivity contribution in [2.24, 2.45) is 5.92 Å². The van der Waals surface area contributed by atoms with Gasteiger partial charge in [-0.3, -0.25) is 10.1 Å². The fourth-order valence-corrected chi connectivity index (χ4v) is 5.67. The van der Waals surface area contributed by atoms with Gasteiger partial charge >= 0.3 is 0 Å². The van der Waals surface area contributed by atoms with Gasteiger partial charge in [0.15, 0.2) is 6.29 Å². The summed E-state index contributed by atoms with van der Waals surface area (Å²) in [6.45, 7) is 6.90. The van der Waals surface area contributed by atoms with E-state index in [0.29, 0.717) is 18.4 Å². The minimum absolute atomic E-state index is 0.0635. The molecule has 2 unspecified atom stereocenters. The Bertz CT molecular complexity index is 719. The minimum atomic E-state index is -0.554. The molecule has 2 saturated heterocycles. The topological polar surface area (TPSA) is 82.8 Å². The number of aromatic nitrogens is 1. The van der Waals surface area contributed by atoms with E-state index in [1.165, 1.54) is 0 Å². The Balaban J connectivity index is 1.34. The number of hydrogen-bond acceptors (Lipinski definition) is 7. The lowest BCUT2D eigenvalue weighted by Gasteiger charge is -2.30. The molecule has 3 fully saturated rings. The van der Waals surface area contributed by atoms with Crippen LogP contribution >= 0.6 is 11.8 Å². The molecular weight excluding hydrogens is 416 g/mol. The lowest BCUT2D eigenvalue weighted by atomic mass is 9.83. The number of amides is 1. The summed E-state index contributed by atoms with van der Waals surface area (Å²) in [5.74, 6) is 1.81. The van der Waals surface area contributed by atoms with E-state index in [-0.39, 0.29) is 17.6 Å². The first kappa shape index (κ1) is 23.1. The van der Waals surface area contributed by atoms with E-state index in [1.807, 2.05) is 19.9 Å². The highest BCUT2D eigenvalue weighted by Crippen LogP contribution is 2.42. The number of anilines is 1. The molecule has 2 aliphatic heterocycles. The van der Waals surface area contributed by atoms with Gasteiger partial charge in [0.1, 0.15) is 0 Å². The highest BCUT2D eigenvalue weighted by molar-refractivity contribution is 8.01. The fourth-order valence-electron chi connectivity index (χ4n) is 4.57. The van der Waals surface area contributed by atoms with Gasteiger partial charge in [0.05, 0.1) is 23.7 Å². The number of nitrogens with one attached hydrogen (secondary N) is 1. The summed E-state index contributed by atoms with van der Waals surface area (Å²) < 4.78 is 22.3. The number of nitrogens with zero attached hydrogens (tertiary/aromatic N) is 1. The normalized spacial score (nSPS) is 26.3. The molecule has 7 nitrogen and oxygen atoms in total. The zero-order valence-electron chi connectivity index (χ0n) is 18.8. The van der Waals surface area contributed by atoms with E-state index < -0.39 is 4.75 Å². The predicted molar refractivity (Wildman–Crippen MR) is 120 cm³/mol. The van der Waals surface area contributed by atoms with E-state index in [1.54, 1.807) is 11.8 Å². The maximum atomic E-state index is 12.9. The van der Waals surface area contributed by atoms with Gasteiger partial charge in [-0.25, -0.2) is 0 Å². The number of rotatable bonds is 9. The largest absolute Gasteiger partial charge is 0.381 e. The Hall–Kier alpha value is -1.09. The molecule has 4 rings (SSSR count). The van der Waals surface area contributed by atoms with Crippen molar-refractivity contribution in [2.75, 3.05) is 37.5 Å². The van der Waals surface area contributed by atoms with Crippen molar-refractivity contribution in [3.8, 4) is 0 Å². The van der Waals surface area contributed by atoms with E-state index in [9.17, 15) is 4.79 Å². The lowest BCUT2D eigenvalue weighted by Crippen LogP contribution is -2.35. The Labute approximate surface area is 189 Å². The van der Waals surface area contributed by atoms with Crippen LogP contribution in [0, 0.1) is 5.92 Å². The van der Waals surface area contributed by atoms with Gasteiger partial charge in [0.2, 0.25) is 11.8 Å². The molecule has 2 atom stereocenters. The predicted octanol–water partition coefficient (Wildman–Crippen LogP) is 4.52. The molecule has 0 radical (unpaired) electrons. The third kappa shape index (κ3) is 5.83. The maximum absolute atomic E-state index is 12.9. The second-order valence-electron chi connectivity index (χ2n) is 9.68. The zero-order chi connectivity index (χ0) is 21.7. The molecule has 1 aromatic rings. The highest BCUT2D eigenvalue weighted by atomic mass is 32.2. The number of ether oxygens (including phenoxy) is 3. The van der Waals surface area contributed by atoms with Crippen LogP contribution in [-0.4, -0.2) is 54.3 Å². The summed E-state index contributed by atoms with van der Waals surface area (Å²) in [6.07, 6.45) is 8.52. The van der Waals surface area contributed by atoms with Crippen molar-refractivity contribution < 1.29 is 23.5 Å². The number of carbonyl (C=O) groups is 1. The molecule has 3 aliphatic rings. The van der Waals surface area contributed by atoms with Crippen LogP contribution in [0.25, 0.3) is 0 Å². The smallest absolute Gasteiger partial charge is 0.242 e. The molecule has 1 N–H and O–H groups in total. The monoisotopic (exact) mass is 452 g/mol. The summed E-state index contributed by atoms with van der Waals surface area (Å²) in [5, 5.41) is 7.28. The SMILES string of the molecule is CC(C)(SCC1CCOC1)C(=O)Nc1cc(C2(COC3CCCCO3)CCCC2)no1. The summed E-state index contributed by atoms with van der Waals surface area (Å²) >= 11 is 1.67. The third-order valence-corrected chi connectivity index (χ3v) is 8.33. The summed E-state index contributed by atoms with van der Waals surface area (Å²) in [7, 11) is 0. The first-order valence-electron chi connectivity index (χ1n) is 11.7. The van der Waals surface area contributed by atoms with Crippen LogP contribution < -0.4 is 5.32 Å². The van der Waals surface area contributed by atoms with Crippen molar-refractivity contribution in [3.05, 3.63) is 11.8 Å². The number of hydrogen-bond donors (Lipinski definition) is 1. The van der Waals surface area contributed by atoms with Gasteiger partial charge in [-0.2, -0.15) is 0 Å². The van der Waals surface area contributed by atoms with Crippen LogP contribution in [0.5, 0.6) is 0 Å². The maximum Gasteiger partial charge on any atom is 0.242 e. The third-order valence-electron chi connectivity index (χ3n) is 6.79. The van der Waals surface area contributed by atoms with E-state index >= 15 is 0 Å². The Morgan fingerprint density at radius 2 is 2.10 bits per heavy atom. The van der Waals surface area contributed by atoms with Crippen molar-refractivity contribution in [1.82, 2.24) is 5.16 Å². The molecule has 1 saturated carbocycles. The first-order chi connectivity index (χ1) is 15.0. The standard InChI is InChI=1S/C23H36N2O5S/c1-22(2,31-15-17-8-12-27-14-17)21(26)24-19-13-18(25-30-19)23(9-4-5-10-23)16-29-20-7-3-6-11-28-20/h13,17,20H,3-12,14-16H2,1-2H3,(H,24,26). The average molecular weight is 453 g/mol. The molecule has 8 heteroatoms. The number of carbonyl (C=O) groups excluding carboxylic acids is 1. The molecular formula is C23H36N2O5S.